The van der Waals surface area contributed by atoms with Crippen molar-refractivity contribution in [1.82, 2.24) is 5.16 Å². The second-order valence-corrected chi connectivity index (χ2v) is 3.72. The molecule has 2 aliphatic rings. The van der Waals surface area contributed by atoms with Gasteiger partial charge in [-0.05, 0) is 0 Å². The van der Waals surface area contributed by atoms with Crippen molar-refractivity contribution in [2.24, 2.45) is 0 Å². The van der Waals surface area contributed by atoms with Gasteiger partial charge in [0.1, 0.15) is 5.76 Å². The topological polar surface area (TPSA) is 64.5 Å². The molecule has 3 rings (SSSR count). The highest BCUT2D eigenvalue weighted by Crippen LogP contribution is 2.33. The van der Waals surface area contributed by atoms with E-state index < -0.39 is 5.79 Å². The molecule has 5 heteroatoms. The van der Waals surface area contributed by atoms with Crippen molar-refractivity contribution >= 4 is 0 Å². The summed E-state index contributed by atoms with van der Waals surface area (Å²) < 4.78 is 16.1. The molecule has 14 heavy (non-hydrogen) atoms. The number of H-pyrrole nitrogens is 1. The Morgan fingerprint density at radius 2 is 2.07 bits per heavy atom. The summed E-state index contributed by atoms with van der Waals surface area (Å²) in [6, 6.07) is 0. The van der Waals surface area contributed by atoms with Crippen LogP contribution in [0.15, 0.2) is 9.32 Å². The molecule has 1 aromatic heterocycles. The van der Waals surface area contributed by atoms with Crippen LogP contribution in [-0.4, -0.2) is 24.2 Å². The van der Waals surface area contributed by atoms with E-state index in [2.05, 4.69) is 5.16 Å². The SMILES string of the molecule is O=c1[nH]oc2c1CC1(CC2)OCCO1. The maximum Gasteiger partial charge on any atom is 0.283 e. The highest BCUT2D eigenvalue weighted by Gasteiger charge is 2.42. The molecule has 0 amide bonds. The average Bonchev–Trinajstić information content (AvgIpc) is 2.77. The minimum Gasteiger partial charge on any atom is -0.383 e. The summed E-state index contributed by atoms with van der Waals surface area (Å²) in [5, 5.41) is 2.34. The van der Waals surface area contributed by atoms with E-state index in [9.17, 15) is 4.79 Å². The predicted molar refractivity (Wildman–Crippen MR) is 46.0 cm³/mol. The number of nitrogens with one attached hydrogen (secondary N) is 1. The van der Waals surface area contributed by atoms with Crippen LogP contribution in [0.4, 0.5) is 0 Å². The first-order chi connectivity index (χ1) is 6.79. The smallest absolute Gasteiger partial charge is 0.283 e. The van der Waals surface area contributed by atoms with E-state index in [-0.39, 0.29) is 5.56 Å². The van der Waals surface area contributed by atoms with Gasteiger partial charge < -0.3 is 14.0 Å². The molecule has 1 N–H and O–H groups in total. The summed E-state index contributed by atoms with van der Waals surface area (Å²) in [7, 11) is 0. The van der Waals surface area contributed by atoms with Crippen molar-refractivity contribution in [3.05, 3.63) is 21.7 Å². The highest BCUT2D eigenvalue weighted by atomic mass is 16.7. The summed E-state index contributed by atoms with van der Waals surface area (Å²) in [6.45, 7) is 1.23. The molecular formula is C9H11NO4. The minimum absolute atomic E-state index is 0.154. The van der Waals surface area contributed by atoms with E-state index in [1.54, 1.807) is 0 Å². The first-order valence-corrected chi connectivity index (χ1v) is 4.76. The van der Waals surface area contributed by atoms with Crippen LogP contribution in [0.3, 0.4) is 0 Å². The molecule has 1 aromatic rings. The third kappa shape index (κ3) is 1.06. The van der Waals surface area contributed by atoms with Gasteiger partial charge in [0.2, 0.25) is 0 Å². The Morgan fingerprint density at radius 3 is 2.86 bits per heavy atom. The lowest BCUT2D eigenvalue weighted by Gasteiger charge is -2.29. The van der Waals surface area contributed by atoms with Crippen LogP contribution < -0.4 is 5.56 Å². The van der Waals surface area contributed by atoms with Crippen LogP contribution in [0, 0.1) is 0 Å². The van der Waals surface area contributed by atoms with E-state index in [0.717, 1.165) is 12.2 Å². The highest BCUT2D eigenvalue weighted by molar-refractivity contribution is 5.20. The van der Waals surface area contributed by atoms with Gasteiger partial charge >= 0.3 is 0 Å². The zero-order valence-corrected chi connectivity index (χ0v) is 7.67. The van der Waals surface area contributed by atoms with E-state index in [0.29, 0.717) is 31.6 Å². The summed E-state index contributed by atoms with van der Waals surface area (Å²) >= 11 is 0. The van der Waals surface area contributed by atoms with Crippen LogP contribution in [-0.2, 0) is 22.3 Å². The van der Waals surface area contributed by atoms with Gasteiger partial charge in [-0.25, -0.2) is 0 Å². The Hall–Kier alpha value is -1.07. The molecule has 76 valence electrons. The summed E-state index contributed by atoms with van der Waals surface area (Å²) in [6.07, 6.45) is 1.98. The fourth-order valence-corrected chi connectivity index (χ4v) is 2.14. The first-order valence-electron chi connectivity index (χ1n) is 4.76. The number of aromatic nitrogens is 1. The average molecular weight is 197 g/mol. The number of ether oxygens (including phenoxy) is 2. The van der Waals surface area contributed by atoms with Crippen molar-refractivity contribution in [2.45, 2.75) is 25.0 Å². The lowest BCUT2D eigenvalue weighted by molar-refractivity contribution is -0.164. The van der Waals surface area contributed by atoms with Crippen LogP contribution in [0.1, 0.15) is 17.7 Å². The van der Waals surface area contributed by atoms with Gasteiger partial charge in [0.15, 0.2) is 5.79 Å². The minimum atomic E-state index is -0.552. The Bertz CT molecular complexity index is 399. The Labute approximate surface area is 80.0 Å². The van der Waals surface area contributed by atoms with Crippen molar-refractivity contribution in [1.29, 1.82) is 0 Å². The molecule has 0 aromatic carbocycles. The van der Waals surface area contributed by atoms with Crippen LogP contribution in [0.25, 0.3) is 0 Å². The number of aromatic amines is 1. The maximum atomic E-state index is 11.3. The molecule has 1 aliphatic heterocycles. The Kier molecular flexibility index (Phi) is 1.60. The third-order valence-electron chi connectivity index (χ3n) is 2.87. The van der Waals surface area contributed by atoms with Gasteiger partial charge in [0.05, 0.1) is 18.8 Å². The van der Waals surface area contributed by atoms with Crippen LogP contribution >= 0.6 is 0 Å². The van der Waals surface area contributed by atoms with Gasteiger partial charge in [0, 0.05) is 19.3 Å². The molecule has 2 heterocycles. The normalized spacial score (nSPS) is 24.0. The second kappa shape index (κ2) is 2.71. The van der Waals surface area contributed by atoms with Crippen molar-refractivity contribution < 1.29 is 14.0 Å². The zero-order chi connectivity index (χ0) is 9.60. The molecule has 1 aliphatic carbocycles. The first kappa shape index (κ1) is 8.26. The fraction of sp³-hybridized carbons (Fsp3) is 0.667. The Balaban J connectivity index is 1.99. The standard InChI is InChI=1S/C9H11NO4/c11-8-6-5-9(12-3-4-13-9)2-1-7(6)14-10-8/h1-5H2,(H,10,11). The Morgan fingerprint density at radius 1 is 1.29 bits per heavy atom. The van der Waals surface area contributed by atoms with Crippen molar-refractivity contribution in [3.8, 4) is 0 Å². The number of fused-ring (bicyclic) bond motifs is 1. The lowest BCUT2D eigenvalue weighted by Crippen LogP contribution is -2.38. The molecule has 1 spiro atoms. The van der Waals surface area contributed by atoms with E-state index in [1.165, 1.54) is 0 Å². The number of rotatable bonds is 0. The fourth-order valence-electron chi connectivity index (χ4n) is 2.14. The summed E-state index contributed by atoms with van der Waals surface area (Å²) in [5.74, 6) is 0.198. The molecule has 1 fully saturated rings. The molecule has 1 saturated heterocycles. The largest absolute Gasteiger partial charge is 0.383 e. The molecule has 0 radical (unpaired) electrons. The predicted octanol–water partition coefficient (Wildman–Crippen LogP) is 0.200. The number of hydrogen-bond acceptors (Lipinski definition) is 4. The van der Waals surface area contributed by atoms with Gasteiger partial charge in [0.25, 0.3) is 5.56 Å². The quantitative estimate of drug-likeness (QED) is 0.645. The number of hydrogen-bond donors (Lipinski definition) is 1. The van der Waals surface area contributed by atoms with Gasteiger partial charge in [-0.2, -0.15) is 5.16 Å². The molecular weight excluding hydrogens is 186 g/mol. The van der Waals surface area contributed by atoms with Gasteiger partial charge in [-0.15, -0.1) is 0 Å². The van der Waals surface area contributed by atoms with Crippen LogP contribution in [0.5, 0.6) is 0 Å². The second-order valence-electron chi connectivity index (χ2n) is 3.72. The summed E-state index contributed by atoms with van der Waals surface area (Å²) in [4.78, 5) is 11.3. The molecule has 0 bridgehead atoms. The van der Waals surface area contributed by atoms with E-state index in [1.807, 2.05) is 0 Å². The molecule has 0 unspecified atom stereocenters. The maximum absolute atomic E-state index is 11.3. The third-order valence-corrected chi connectivity index (χ3v) is 2.87. The van der Waals surface area contributed by atoms with Gasteiger partial charge in [-0.1, -0.05) is 0 Å². The van der Waals surface area contributed by atoms with Crippen LogP contribution in [0.2, 0.25) is 0 Å². The van der Waals surface area contributed by atoms with E-state index >= 15 is 0 Å². The van der Waals surface area contributed by atoms with Crippen molar-refractivity contribution in [3.63, 3.8) is 0 Å². The monoisotopic (exact) mass is 197 g/mol. The lowest BCUT2D eigenvalue weighted by atomic mass is 9.93. The molecule has 5 nitrogen and oxygen atoms in total. The zero-order valence-electron chi connectivity index (χ0n) is 7.67. The van der Waals surface area contributed by atoms with E-state index in [4.69, 9.17) is 14.0 Å². The van der Waals surface area contributed by atoms with Crippen molar-refractivity contribution in [2.75, 3.05) is 13.2 Å². The molecule has 0 saturated carbocycles. The summed E-state index contributed by atoms with van der Waals surface area (Å²) in [5.41, 5.74) is 0.524. The number of aryl methyl sites for hydroxylation is 1. The molecule has 0 atom stereocenters. The van der Waals surface area contributed by atoms with Gasteiger partial charge in [-0.3, -0.25) is 4.79 Å².